The van der Waals surface area contributed by atoms with Gasteiger partial charge < -0.3 is 5.11 Å². The van der Waals surface area contributed by atoms with Crippen LogP contribution in [-0.2, 0) is 9.59 Å². The lowest BCUT2D eigenvalue weighted by Crippen LogP contribution is -2.11. The number of aldehydes is 1. The van der Waals surface area contributed by atoms with Gasteiger partial charge in [-0.05, 0) is 42.5 Å². The van der Waals surface area contributed by atoms with Crippen LogP contribution in [-0.4, -0.2) is 17.4 Å². The average Bonchev–Trinajstić information content (AvgIpc) is 2.47. The summed E-state index contributed by atoms with van der Waals surface area (Å²) in [5.41, 5.74) is 2.14. The Morgan fingerprint density at radius 1 is 1.43 bits per heavy atom. The van der Waals surface area contributed by atoms with Crippen LogP contribution < -0.4 is 0 Å². The van der Waals surface area contributed by atoms with Crippen LogP contribution in [0.4, 0.5) is 0 Å². The second kappa shape index (κ2) is 8.70. The standard InChI is InChI=1S/C17H19NO3/c1-13(12-19)10-14-6-5-7-15(11-14)16(17(20)21)8-3-2-4-9-18/h5-7,10-12,16H,2-4,8H2,1H3,(H,20,21)/b13-10+. The number of nitriles is 1. The molecule has 4 nitrogen and oxygen atoms in total. The smallest absolute Gasteiger partial charge is 0.310 e. The zero-order valence-corrected chi connectivity index (χ0v) is 12.1. The number of aliphatic carboxylic acids is 1. The van der Waals surface area contributed by atoms with Gasteiger partial charge in [-0.1, -0.05) is 30.7 Å². The summed E-state index contributed by atoms with van der Waals surface area (Å²) in [5, 5.41) is 17.9. The lowest BCUT2D eigenvalue weighted by Gasteiger charge is -2.13. The zero-order chi connectivity index (χ0) is 15.7. The Balaban J connectivity index is 2.88. The number of hydrogen-bond acceptors (Lipinski definition) is 3. The highest BCUT2D eigenvalue weighted by atomic mass is 16.4. The molecule has 0 saturated heterocycles. The van der Waals surface area contributed by atoms with Crippen LogP contribution >= 0.6 is 0 Å². The number of benzene rings is 1. The molecule has 0 saturated carbocycles. The van der Waals surface area contributed by atoms with Crippen molar-refractivity contribution in [2.24, 2.45) is 0 Å². The third-order valence-corrected chi connectivity index (χ3v) is 3.22. The van der Waals surface area contributed by atoms with Crippen molar-refractivity contribution in [3.8, 4) is 6.07 Å². The van der Waals surface area contributed by atoms with Crippen molar-refractivity contribution in [3.05, 3.63) is 41.0 Å². The van der Waals surface area contributed by atoms with E-state index in [9.17, 15) is 14.7 Å². The average molecular weight is 285 g/mol. The number of allylic oxidation sites excluding steroid dienone is 1. The summed E-state index contributed by atoms with van der Waals surface area (Å²) >= 11 is 0. The van der Waals surface area contributed by atoms with E-state index in [2.05, 4.69) is 6.07 Å². The van der Waals surface area contributed by atoms with E-state index in [0.717, 1.165) is 17.4 Å². The molecule has 1 aromatic rings. The summed E-state index contributed by atoms with van der Waals surface area (Å²) in [6.07, 6.45) is 4.88. The number of carbonyl (C=O) groups excluding carboxylic acids is 1. The quantitative estimate of drug-likeness (QED) is 0.450. The van der Waals surface area contributed by atoms with Gasteiger partial charge in [0, 0.05) is 6.42 Å². The Bertz CT molecular complexity index is 570. The maximum Gasteiger partial charge on any atom is 0.310 e. The van der Waals surface area contributed by atoms with E-state index in [0.29, 0.717) is 31.3 Å². The number of carbonyl (C=O) groups is 2. The molecule has 1 rings (SSSR count). The fourth-order valence-corrected chi connectivity index (χ4v) is 2.15. The van der Waals surface area contributed by atoms with E-state index in [1.165, 1.54) is 0 Å². The summed E-state index contributed by atoms with van der Waals surface area (Å²) in [6.45, 7) is 1.70. The van der Waals surface area contributed by atoms with E-state index >= 15 is 0 Å². The molecule has 0 fully saturated rings. The molecular weight excluding hydrogens is 266 g/mol. The fourth-order valence-electron chi connectivity index (χ4n) is 2.15. The van der Waals surface area contributed by atoms with Gasteiger partial charge in [0.05, 0.1) is 12.0 Å². The minimum atomic E-state index is -0.861. The Morgan fingerprint density at radius 3 is 2.81 bits per heavy atom. The minimum absolute atomic E-state index is 0.452. The van der Waals surface area contributed by atoms with Crippen LogP contribution in [0.2, 0.25) is 0 Å². The van der Waals surface area contributed by atoms with E-state index in [1.54, 1.807) is 31.2 Å². The maximum atomic E-state index is 11.4. The molecule has 110 valence electrons. The summed E-state index contributed by atoms with van der Waals surface area (Å²) in [7, 11) is 0. The minimum Gasteiger partial charge on any atom is -0.481 e. The number of rotatable bonds is 8. The number of nitrogens with zero attached hydrogens (tertiary/aromatic N) is 1. The zero-order valence-electron chi connectivity index (χ0n) is 12.1. The van der Waals surface area contributed by atoms with Crippen LogP contribution in [0.1, 0.15) is 49.7 Å². The number of hydrogen-bond donors (Lipinski definition) is 1. The number of carboxylic acid groups (broad SMARTS) is 1. The Hall–Kier alpha value is -2.41. The summed E-state index contributed by atoms with van der Waals surface area (Å²) in [4.78, 5) is 22.1. The highest BCUT2D eigenvalue weighted by molar-refractivity contribution is 5.81. The van der Waals surface area contributed by atoms with E-state index in [-0.39, 0.29) is 0 Å². The first-order chi connectivity index (χ1) is 10.1. The molecule has 1 atom stereocenters. The molecule has 1 aromatic carbocycles. The van der Waals surface area contributed by atoms with Crippen LogP contribution in [0, 0.1) is 11.3 Å². The van der Waals surface area contributed by atoms with Gasteiger partial charge in [0.1, 0.15) is 6.29 Å². The molecule has 0 heterocycles. The molecule has 0 spiro atoms. The van der Waals surface area contributed by atoms with Gasteiger partial charge in [0.2, 0.25) is 0 Å². The Kier molecular flexibility index (Phi) is 6.90. The summed E-state index contributed by atoms with van der Waals surface area (Å²) < 4.78 is 0. The maximum absolute atomic E-state index is 11.4. The van der Waals surface area contributed by atoms with Gasteiger partial charge in [-0.25, -0.2) is 0 Å². The molecule has 0 aliphatic heterocycles. The number of carboxylic acids is 1. The van der Waals surface area contributed by atoms with Gasteiger partial charge in [-0.15, -0.1) is 0 Å². The van der Waals surface area contributed by atoms with Gasteiger partial charge in [-0.3, -0.25) is 9.59 Å². The lowest BCUT2D eigenvalue weighted by molar-refractivity contribution is -0.139. The van der Waals surface area contributed by atoms with Crippen LogP contribution in [0.25, 0.3) is 6.08 Å². The topological polar surface area (TPSA) is 78.2 Å². The van der Waals surface area contributed by atoms with Crippen LogP contribution in [0.15, 0.2) is 29.8 Å². The van der Waals surface area contributed by atoms with Crippen molar-refractivity contribution in [2.45, 2.75) is 38.5 Å². The van der Waals surface area contributed by atoms with Crippen molar-refractivity contribution in [1.82, 2.24) is 0 Å². The predicted molar refractivity (Wildman–Crippen MR) is 80.6 cm³/mol. The van der Waals surface area contributed by atoms with Gasteiger partial charge in [0.15, 0.2) is 0 Å². The van der Waals surface area contributed by atoms with Crippen molar-refractivity contribution in [2.75, 3.05) is 0 Å². The first-order valence-corrected chi connectivity index (χ1v) is 6.91. The summed E-state index contributed by atoms with van der Waals surface area (Å²) in [5.74, 6) is -1.44. The molecule has 21 heavy (non-hydrogen) atoms. The molecule has 0 bridgehead atoms. The molecule has 0 aliphatic rings. The van der Waals surface area contributed by atoms with Crippen molar-refractivity contribution < 1.29 is 14.7 Å². The molecule has 1 N–H and O–H groups in total. The second-order valence-corrected chi connectivity index (χ2v) is 4.97. The largest absolute Gasteiger partial charge is 0.481 e. The van der Waals surface area contributed by atoms with Gasteiger partial charge in [0.25, 0.3) is 0 Å². The molecule has 0 radical (unpaired) electrons. The van der Waals surface area contributed by atoms with Gasteiger partial charge >= 0.3 is 5.97 Å². The molecule has 0 amide bonds. The predicted octanol–water partition coefficient (Wildman–Crippen LogP) is 3.54. The lowest BCUT2D eigenvalue weighted by atomic mass is 9.92. The Morgan fingerprint density at radius 2 is 2.19 bits per heavy atom. The molecule has 0 aliphatic carbocycles. The first kappa shape index (κ1) is 16.6. The van der Waals surface area contributed by atoms with E-state index < -0.39 is 11.9 Å². The highest BCUT2D eigenvalue weighted by Gasteiger charge is 2.19. The summed E-state index contributed by atoms with van der Waals surface area (Å²) in [6, 6.07) is 9.28. The van der Waals surface area contributed by atoms with E-state index in [4.69, 9.17) is 5.26 Å². The van der Waals surface area contributed by atoms with Crippen LogP contribution in [0.3, 0.4) is 0 Å². The monoisotopic (exact) mass is 285 g/mol. The first-order valence-electron chi connectivity index (χ1n) is 6.91. The SMILES string of the molecule is C/C(C=O)=C\c1cccc(C(CCCCC#N)C(=O)O)c1. The van der Waals surface area contributed by atoms with Crippen molar-refractivity contribution in [1.29, 1.82) is 5.26 Å². The third kappa shape index (κ3) is 5.62. The highest BCUT2D eigenvalue weighted by Crippen LogP contribution is 2.24. The molecular formula is C17H19NO3. The third-order valence-electron chi connectivity index (χ3n) is 3.22. The fraction of sp³-hybridized carbons (Fsp3) is 0.353. The Labute approximate surface area is 124 Å². The van der Waals surface area contributed by atoms with E-state index in [1.807, 2.05) is 6.07 Å². The van der Waals surface area contributed by atoms with Crippen molar-refractivity contribution in [3.63, 3.8) is 0 Å². The molecule has 1 unspecified atom stereocenters. The number of unbranched alkanes of at least 4 members (excludes halogenated alkanes) is 2. The second-order valence-electron chi connectivity index (χ2n) is 4.97. The molecule has 0 aromatic heterocycles. The normalized spacial score (nSPS) is 12.5. The molecule has 4 heteroatoms. The van der Waals surface area contributed by atoms with Crippen LogP contribution in [0.5, 0.6) is 0 Å². The van der Waals surface area contributed by atoms with Gasteiger partial charge in [-0.2, -0.15) is 5.26 Å². The van der Waals surface area contributed by atoms with Crippen molar-refractivity contribution >= 4 is 18.3 Å².